The van der Waals surface area contributed by atoms with E-state index < -0.39 is 29.3 Å². The molecule has 0 aliphatic carbocycles. The SMILES string of the molecule is FC(F)(F)c1ccc(-c2ccccn2)c(C(F)(F)F)n1. The van der Waals surface area contributed by atoms with Gasteiger partial charge in [0.05, 0.1) is 5.69 Å². The molecule has 0 unspecified atom stereocenters. The maximum atomic E-state index is 12.8. The van der Waals surface area contributed by atoms with Crippen molar-refractivity contribution in [1.82, 2.24) is 9.97 Å². The summed E-state index contributed by atoms with van der Waals surface area (Å²) in [6.07, 6.45) is -8.70. The topological polar surface area (TPSA) is 25.8 Å². The zero-order valence-electron chi connectivity index (χ0n) is 9.63. The van der Waals surface area contributed by atoms with Crippen LogP contribution in [0, 0.1) is 0 Å². The highest BCUT2D eigenvalue weighted by molar-refractivity contribution is 5.62. The molecule has 0 atom stereocenters. The largest absolute Gasteiger partial charge is 0.434 e. The minimum atomic E-state index is -5.01. The van der Waals surface area contributed by atoms with Gasteiger partial charge in [-0.25, -0.2) is 4.98 Å². The molecule has 2 rings (SSSR count). The van der Waals surface area contributed by atoms with Crippen LogP contribution < -0.4 is 0 Å². The van der Waals surface area contributed by atoms with Crippen molar-refractivity contribution in [3.63, 3.8) is 0 Å². The standard InChI is InChI=1S/C12H6F6N2/c13-11(14,15)9-5-4-7(8-3-1-2-6-19-8)10(20-9)12(16,17)18/h1-6H. The Balaban J connectivity index is 2.65. The lowest BCUT2D eigenvalue weighted by Gasteiger charge is -2.14. The molecular weight excluding hydrogens is 286 g/mol. The molecule has 0 bridgehead atoms. The van der Waals surface area contributed by atoms with Gasteiger partial charge in [-0.2, -0.15) is 26.3 Å². The summed E-state index contributed by atoms with van der Waals surface area (Å²) in [6, 6.07) is 5.40. The summed E-state index contributed by atoms with van der Waals surface area (Å²) in [4.78, 5) is 6.40. The number of hydrogen-bond donors (Lipinski definition) is 0. The van der Waals surface area contributed by atoms with Crippen LogP contribution in [0.25, 0.3) is 11.3 Å². The van der Waals surface area contributed by atoms with Crippen molar-refractivity contribution in [3.8, 4) is 11.3 Å². The lowest BCUT2D eigenvalue weighted by molar-refractivity contribution is -0.149. The fraction of sp³-hybridized carbons (Fsp3) is 0.167. The van der Waals surface area contributed by atoms with Gasteiger partial charge < -0.3 is 0 Å². The lowest BCUT2D eigenvalue weighted by atomic mass is 10.1. The Kier molecular flexibility index (Phi) is 3.41. The van der Waals surface area contributed by atoms with Gasteiger partial charge in [-0.1, -0.05) is 6.07 Å². The lowest BCUT2D eigenvalue weighted by Crippen LogP contribution is -2.16. The van der Waals surface area contributed by atoms with E-state index >= 15 is 0 Å². The molecule has 106 valence electrons. The Morgan fingerprint density at radius 2 is 1.50 bits per heavy atom. The van der Waals surface area contributed by atoms with E-state index in [-0.39, 0.29) is 5.69 Å². The molecule has 0 radical (unpaired) electrons. The van der Waals surface area contributed by atoms with Crippen LogP contribution in [0.15, 0.2) is 36.5 Å². The third kappa shape index (κ3) is 2.89. The van der Waals surface area contributed by atoms with Crippen molar-refractivity contribution in [1.29, 1.82) is 0 Å². The average molecular weight is 292 g/mol. The van der Waals surface area contributed by atoms with Crippen LogP contribution in [0.4, 0.5) is 26.3 Å². The Hall–Kier alpha value is -2.12. The molecule has 20 heavy (non-hydrogen) atoms. The molecule has 0 aromatic carbocycles. The Bertz CT molecular complexity index is 604. The predicted molar refractivity (Wildman–Crippen MR) is 57.5 cm³/mol. The number of hydrogen-bond acceptors (Lipinski definition) is 2. The third-order valence-electron chi connectivity index (χ3n) is 2.40. The van der Waals surface area contributed by atoms with E-state index in [0.29, 0.717) is 6.07 Å². The number of nitrogens with zero attached hydrogens (tertiary/aromatic N) is 2. The van der Waals surface area contributed by atoms with E-state index in [2.05, 4.69) is 9.97 Å². The van der Waals surface area contributed by atoms with Crippen LogP contribution >= 0.6 is 0 Å². The summed E-state index contributed by atoms with van der Waals surface area (Å²) < 4.78 is 75.9. The van der Waals surface area contributed by atoms with E-state index in [9.17, 15) is 26.3 Å². The maximum absolute atomic E-state index is 12.8. The van der Waals surface area contributed by atoms with Gasteiger partial charge in [0.15, 0.2) is 5.69 Å². The van der Waals surface area contributed by atoms with Gasteiger partial charge in [0.2, 0.25) is 0 Å². The third-order valence-corrected chi connectivity index (χ3v) is 2.40. The molecule has 0 aliphatic heterocycles. The van der Waals surface area contributed by atoms with E-state index in [1.807, 2.05) is 0 Å². The van der Waals surface area contributed by atoms with Gasteiger partial charge in [0, 0.05) is 11.8 Å². The number of rotatable bonds is 1. The van der Waals surface area contributed by atoms with E-state index in [1.165, 1.54) is 24.4 Å². The highest BCUT2D eigenvalue weighted by Crippen LogP contribution is 2.37. The molecule has 2 heterocycles. The van der Waals surface area contributed by atoms with Crippen LogP contribution in [-0.2, 0) is 12.4 Å². The van der Waals surface area contributed by atoms with Crippen molar-refractivity contribution in [2.24, 2.45) is 0 Å². The summed E-state index contributed by atoms with van der Waals surface area (Å²) in [6.45, 7) is 0. The molecule has 0 N–H and O–H groups in total. The first-order chi connectivity index (χ1) is 9.19. The van der Waals surface area contributed by atoms with Crippen molar-refractivity contribution in [2.45, 2.75) is 12.4 Å². The minimum Gasteiger partial charge on any atom is -0.256 e. The Labute approximate surface area is 109 Å². The van der Waals surface area contributed by atoms with Crippen molar-refractivity contribution < 1.29 is 26.3 Å². The summed E-state index contributed by atoms with van der Waals surface area (Å²) in [5.74, 6) is 0. The second-order valence-electron chi connectivity index (χ2n) is 3.80. The number of pyridine rings is 2. The summed E-state index contributed by atoms with van der Waals surface area (Å²) in [5, 5.41) is 0. The quantitative estimate of drug-likeness (QED) is 0.737. The van der Waals surface area contributed by atoms with Crippen LogP contribution in [-0.4, -0.2) is 9.97 Å². The van der Waals surface area contributed by atoms with Crippen molar-refractivity contribution in [2.75, 3.05) is 0 Å². The summed E-state index contributed by atoms with van der Waals surface area (Å²) in [5.41, 5.74) is -3.79. The fourth-order valence-corrected chi connectivity index (χ4v) is 1.56. The first kappa shape index (κ1) is 14.3. The minimum absolute atomic E-state index is 0.0963. The van der Waals surface area contributed by atoms with Crippen LogP contribution in [0.2, 0.25) is 0 Å². The molecular formula is C12H6F6N2. The van der Waals surface area contributed by atoms with Gasteiger partial charge in [0.25, 0.3) is 0 Å². The molecule has 0 amide bonds. The normalized spacial score (nSPS) is 12.5. The van der Waals surface area contributed by atoms with Crippen molar-refractivity contribution in [3.05, 3.63) is 47.9 Å². The van der Waals surface area contributed by atoms with Gasteiger partial charge in [0.1, 0.15) is 5.69 Å². The molecule has 0 saturated heterocycles. The molecule has 0 spiro atoms. The summed E-state index contributed by atoms with van der Waals surface area (Å²) >= 11 is 0. The van der Waals surface area contributed by atoms with Crippen LogP contribution in [0.5, 0.6) is 0 Å². The van der Waals surface area contributed by atoms with Gasteiger partial charge >= 0.3 is 12.4 Å². The molecule has 8 heteroatoms. The molecule has 2 nitrogen and oxygen atoms in total. The highest BCUT2D eigenvalue weighted by atomic mass is 19.4. The van der Waals surface area contributed by atoms with E-state index in [0.717, 1.165) is 6.07 Å². The molecule has 2 aromatic heterocycles. The zero-order chi connectivity index (χ0) is 15.0. The molecule has 0 fully saturated rings. The predicted octanol–water partition coefficient (Wildman–Crippen LogP) is 4.18. The van der Waals surface area contributed by atoms with E-state index in [1.54, 1.807) is 0 Å². The second-order valence-corrected chi connectivity index (χ2v) is 3.80. The number of halogens is 6. The zero-order valence-corrected chi connectivity index (χ0v) is 9.63. The van der Waals surface area contributed by atoms with Gasteiger partial charge in [-0.05, 0) is 24.3 Å². The smallest absolute Gasteiger partial charge is 0.256 e. The van der Waals surface area contributed by atoms with Crippen LogP contribution in [0.3, 0.4) is 0 Å². The van der Waals surface area contributed by atoms with Gasteiger partial charge in [-0.3, -0.25) is 4.98 Å². The fourth-order valence-electron chi connectivity index (χ4n) is 1.56. The first-order valence-electron chi connectivity index (χ1n) is 5.26. The molecule has 2 aromatic rings. The Morgan fingerprint density at radius 3 is 2.00 bits per heavy atom. The highest BCUT2D eigenvalue weighted by Gasteiger charge is 2.40. The van der Waals surface area contributed by atoms with E-state index in [4.69, 9.17) is 0 Å². The van der Waals surface area contributed by atoms with Crippen molar-refractivity contribution >= 4 is 0 Å². The first-order valence-corrected chi connectivity index (χ1v) is 5.26. The molecule has 0 aliphatic rings. The van der Waals surface area contributed by atoms with Gasteiger partial charge in [-0.15, -0.1) is 0 Å². The van der Waals surface area contributed by atoms with Crippen LogP contribution in [0.1, 0.15) is 11.4 Å². The number of aromatic nitrogens is 2. The molecule has 0 saturated carbocycles. The number of alkyl halides is 6. The Morgan fingerprint density at radius 1 is 0.800 bits per heavy atom. The average Bonchev–Trinajstić information content (AvgIpc) is 2.37. The maximum Gasteiger partial charge on any atom is 0.434 e. The second kappa shape index (κ2) is 4.77. The monoisotopic (exact) mass is 292 g/mol. The summed E-state index contributed by atoms with van der Waals surface area (Å²) in [7, 11) is 0.